The molecule has 0 fully saturated rings. The molecule has 0 aromatic heterocycles. The number of hydrogen-bond acceptors (Lipinski definition) is 6. The number of nitrogens with zero attached hydrogens (tertiary/aromatic N) is 1. The molecule has 7 nitrogen and oxygen atoms in total. The number of carbonyl (C=O) groups is 1. The molecular weight excluding hydrogens is 254 g/mol. The second-order valence-corrected chi connectivity index (χ2v) is 3.72. The lowest BCUT2D eigenvalue weighted by Crippen LogP contribution is -2.26. The second kappa shape index (κ2) is 6.69. The lowest BCUT2D eigenvalue weighted by Gasteiger charge is -2.15. The zero-order valence-corrected chi connectivity index (χ0v) is 10.7. The number of nitro groups is 1. The lowest BCUT2D eigenvalue weighted by atomic mass is 10.2. The van der Waals surface area contributed by atoms with Crippen molar-refractivity contribution in [3.63, 3.8) is 0 Å². The number of aliphatic hydroxyl groups excluding tert-OH is 1. The van der Waals surface area contributed by atoms with Crippen LogP contribution < -0.4 is 4.74 Å². The van der Waals surface area contributed by atoms with Crippen molar-refractivity contribution >= 4 is 11.7 Å². The summed E-state index contributed by atoms with van der Waals surface area (Å²) in [6.07, 6.45) is -0.855. The summed E-state index contributed by atoms with van der Waals surface area (Å²) in [4.78, 5) is 21.4. The number of non-ortho nitro benzene ring substituents is 1. The highest BCUT2D eigenvalue weighted by atomic mass is 16.6. The fraction of sp³-hybridized carbons (Fsp3) is 0.417. The highest BCUT2D eigenvalue weighted by Gasteiger charge is 2.18. The molecule has 104 valence electrons. The predicted molar refractivity (Wildman–Crippen MR) is 65.7 cm³/mol. The van der Waals surface area contributed by atoms with Crippen LogP contribution in [0.5, 0.6) is 5.75 Å². The van der Waals surface area contributed by atoms with Crippen LogP contribution in [0.25, 0.3) is 0 Å². The van der Waals surface area contributed by atoms with Crippen LogP contribution in [0.2, 0.25) is 0 Å². The van der Waals surface area contributed by atoms with Gasteiger partial charge >= 0.3 is 5.97 Å². The summed E-state index contributed by atoms with van der Waals surface area (Å²) in [5.74, 6) is -0.321. The number of ether oxygens (including phenoxy) is 2. The summed E-state index contributed by atoms with van der Waals surface area (Å²) >= 11 is 0. The van der Waals surface area contributed by atoms with Crippen molar-refractivity contribution in [2.24, 2.45) is 0 Å². The van der Waals surface area contributed by atoms with E-state index < -0.39 is 23.6 Å². The Kier molecular flexibility index (Phi) is 5.25. The van der Waals surface area contributed by atoms with Gasteiger partial charge < -0.3 is 14.6 Å². The maximum atomic E-state index is 11.4. The minimum Gasteiger partial charge on any atom is -0.479 e. The fourth-order valence-electron chi connectivity index (χ4n) is 1.42. The number of nitro benzene ring substituents is 1. The molecular formula is C12H15NO6. The SMILES string of the molecule is CCOC(=O)C(C)Oc1ccc([N+](=O)[O-])cc1CO. The van der Waals surface area contributed by atoms with E-state index in [1.165, 1.54) is 25.1 Å². The van der Waals surface area contributed by atoms with Crippen molar-refractivity contribution in [2.45, 2.75) is 26.6 Å². The Morgan fingerprint density at radius 1 is 1.53 bits per heavy atom. The number of rotatable bonds is 6. The van der Waals surface area contributed by atoms with Gasteiger partial charge in [-0.2, -0.15) is 0 Å². The van der Waals surface area contributed by atoms with Crippen molar-refractivity contribution < 1.29 is 24.3 Å². The molecule has 7 heteroatoms. The number of aliphatic hydroxyl groups is 1. The predicted octanol–water partition coefficient (Wildman–Crippen LogP) is 1.42. The van der Waals surface area contributed by atoms with Gasteiger partial charge in [-0.3, -0.25) is 10.1 Å². The monoisotopic (exact) mass is 269 g/mol. The average Bonchev–Trinajstić information content (AvgIpc) is 2.39. The molecule has 1 atom stereocenters. The molecule has 1 unspecified atom stereocenters. The first-order valence-electron chi connectivity index (χ1n) is 5.71. The molecule has 0 saturated carbocycles. The number of hydrogen-bond donors (Lipinski definition) is 1. The van der Waals surface area contributed by atoms with Crippen molar-refractivity contribution in [3.8, 4) is 5.75 Å². The molecule has 1 N–H and O–H groups in total. The number of esters is 1. The van der Waals surface area contributed by atoms with E-state index in [9.17, 15) is 14.9 Å². The van der Waals surface area contributed by atoms with Crippen molar-refractivity contribution in [1.29, 1.82) is 0 Å². The van der Waals surface area contributed by atoms with Gasteiger partial charge in [-0.1, -0.05) is 0 Å². The van der Waals surface area contributed by atoms with Crippen LogP contribution in [0.3, 0.4) is 0 Å². The van der Waals surface area contributed by atoms with E-state index in [4.69, 9.17) is 14.6 Å². The third-order valence-electron chi connectivity index (χ3n) is 2.35. The Labute approximate surface area is 109 Å². The average molecular weight is 269 g/mol. The van der Waals surface area contributed by atoms with E-state index in [2.05, 4.69) is 0 Å². The standard InChI is InChI=1S/C12H15NO6/c1-3-18-12(15)8(2)19-11-5-4-10(13(16)17)6-9(11)7-14/h4-6,8,14H,3,7H2,1-2H3. The fourth-order valence-corrected chi connectivity index (χ4v) is 1.42. The van der Waals surface area contributed by atoms with E-state index in [-0.39, 0.29) is 23.6 Å². The van der Waals surface area contributed by atoms with Gasteiger partial charge in [-0.05, 0) is 19.9 Å². The quantitative estimate of drug-likeness (QED) is 0.476. The summed E-state index contributed by atoms with van der Waals surface area (Å²) in [6, 6.07) is 3.79. The van der Waals surface area contributed by atoms with Crippen LogP contribution in [0.4, 0.5) is 5.69 Å². The normalized spacial score (nSPS) is 11.7. The van der Waals surface area contributed by atoms with Crippen molar-refractivity contribution in [3.05, 3.63) is 33.9 Å². The van der Waals surface area contributed by atoms with Crippen LogP contribution in [0.15, 0.2) is 18.2 Å². The maximum absolute atomic E-state index is 11.4. The molecule has 0 radical (unpaired) electrons. The van der Waals surface area contributed by atoms with E-state index in [0.29, 0.717) is 0 Å². The van der Waals surface area contributed by atoms with Crippen molar-refractivity contribution in [2.75, 3.05) is 6.61 Å². The molecule has 1 rings (SSSR count). The highest BCUT2D eigenvalue weighted by molar-refractivity contribution is 5.74. The van der Waals surface area contributed by atoms with Gasteiger partial charge in [0.2, 0.25) is 0 Å². The van der Waals surface area contributed by atoms with Gasteiger partial charge in [-0.25, -0.2) is 4.79 Å². The third kappa shape index (κ3) is 3.92. The molecule has 0 bridgehead atoms. The second-order valence-electron chi connectivity index (χ2n) is 3.72. The Morgan fingerprint density at radius 3 is 2.74 bits per heavy atom. The topological polar surface area (TPSA) is 98.9 Å². The first-order chi connectivity index (χ1) is 8.99. The van der Waals surface area contributed by atoms with Crippen LogP contribution in [0, 0.1) is 10.1 Å². The molecule has 19 heavy (non-hydrogen) atoms. The molecule has 0 spiro atoms. The van der Waals surface area contributed by atoms with Gasteiger partial charge in [0, 0.05) is 17.7 Å². The Balaban J connectivity index is 2.89. The molecule has 1 aromatic carbocycles. The minimum absolute atomic E-state index is 0.153. The highest BCUT2D eigenvalue weighted by Crippen LogP contribution is 2.25. The first-order valence-corrected chi connectivity index (χ1v) is 5.71. The Morgan fingerprint density at radius 2 is 2.21 bits per heavy atom. The molecule has 0 aliphatic carbocycles. The summed E-state index contributed by atoms with van der Waals surface area (Å²) in [5, 5.41) is 19.8. The van der Waals surface area contributed by atoms with Crippen LogP contribution in [-0.4, -0.2) is 28.7 Å². The molecule has 1 aromatic rings. The van der Waals surface area contributed by atoms with Crippen LogP contribution in [-0.2, 0) is 16.1 Å². The van der Waals surface area contributed by atoms with Crippen LogP contribution >= 0.6 is 0 Å². The summed E-state index contributed by atoms with van der Waals surface area (Å²) in [7, 11) is 0. The maximum Gasteiger partial charge on any atom is 0.347 e. The number of carbonyl (C=O) groups excluding carboxylic acids is 1. The van der Waals surface area contributed by atoms with Gasteiger partial charge in [0.25, 0.3) is 5.69 Å². The molecule has 0 aliphatic heterocycles. The first kappa shape index (κ1) is 14.9. The minimum atomic E-state index is -0.855. The van der Waals surface area contributed by atoms with E-state index >= 15 is 0 Å². The van der Waals surface area contributed by atoms with Gasteiger partial charge in [0.15, 0.2) is 6.10 Å². The van der Waals surface area contributed by atoms with E-state index in [0.717, 1.165) is 0 Å². The smallest absolute Gasteiger partial charge is 0.347 e. The zero-order chi connectivity index (χ0) is 14.4. The number of benzene rings is 1. The molecule has 0 saturated heterocycles. The summed E-state index contributed by atoms with van der Waals surface area (Å²) < 4.78 is 10.1. The molecule has 0 heterocycles. The van der Waals surface area contributed by atoms with E-state index in [1.807, 2.05) is 0 Å². The zero-order valence-electron chi connectivity index (χ0n) is 10.7. The van der Waals surface area contributed by atoms with E-state index in [1.54, 1.807) is 6.92 Å². The largest absolute Gasteiger partial charge is 0.479 e. The Bertz CT molecular complexity index is 473. The van der Waals surface area contributed by atoms with Crippen molar-refractivity contribution in [1.82, 2.24) is 0 Å². The van der Waals surface area contributed by atoms with Gasteiger partial charge in [0.05, 0.1) is 18.1 Å². The molecule has 0 amide bonds. The molecule has 0 aliphatic rings. The lowest BCUT2D eigenvalue weighted by molar-refractivity contribution is -0.385. The third-order valence-corrected chi connectivity index (χ3v) is 2.35. The summed E-state index contributed by atoms with van der Waals surface area (Å²) in [5.41, 5.74) is 0.0885. The van der Waals surface area contributed by atoms with Crippen LogP contribution in [0.1, 0.15) is 19.4 Å². The summed E-state index contributed by atoms with van der Waals surface area (Å²) in [6.45, 7) is 2.99. The Hall–Kier alpha value is -2.15. The van der Waals surface area contributed by atoms with Gasteiger partial charge in [-0.15, -0.1) is 0 Å². The van der Waals surface area contributed by atoms with Gasteiger partial charge in [0.1, 0.15) is 5.75 Å².